The van der Waals surface area contributed by atoms with Crippen LogP contribution in [0.25, 0.3) is 17.0 Å². The Balaban J connectivity index is 2.06. The number of rotatable bonds is 6. The Morgan fingerprint density at radius 2 is 1.79 bits per heavy atom. The summed E-state index contributed by atoms with van der Waals surface area (Å²) in [6.07, 6.45) is 2.90. The van der Waals surface area contributed by atoms with Crippen molar-refractivity contribution in [2.24, 2.45) is 0 Å². The minimum atomic E-state index is -0.478. The number of hydrogen-bond acceptors (Lipinski definition) is 5. The molecule has 0 radical (unpaired) electrons. The first-order valence-electron chi connectivity index (χ1n) is 8.25. The SMILES string of the molecule is COc1cc(/C=C(\C#N)C(=O)c2c[nH]c3cc(F)ccc23)cc(OC)c1OC. The standard InChI is InChI=1S/C21H17FN2O4/c1-26-18-7-12(8-19(27-2)21(18)28-3)6-13(10-23)20(25)16-11-24-17-9-14(22)4-5-15(16)17/h4-9,11,24H,1-3H3/b13-6+. The van der Waals surface area contributed by atoms with Gasteiger partial charge in [0.2, 0.25) is 11.5 Å². The number of benzene rings is 2. The van der Waals surface area contributed by atoms with Crippen LogP contribution in [0, 0.1) is 17.1 Å². The van der Waals surface area contributed by atoms with E-state index in [0.29, 0.717) is 33.7 Å². The second kappa shape index (κ2) is 7.84. The molecule has 0 saturated heterocycles. The highest BCUT2D eigenvalue weighted by Crippen LogP contribution is 2.38. The Morgan fingerprint density at radius 3 is 2.36 bits per heavy atom. The maximum atomic E-state index is 13.4. The highest BCUT2D eigenvalue weighted by molar-refractivity contribution is 6.19. The minimum absolute atomic E-state index is 0.0838. The second-order valence-electron chi connectivity index (χ2n) is 5.85. The van der Waals surface area contributed by atoms with E-state index in [9.17, 15) is 14.4 Å². The van der Waals surface area contributed by atoms with Crippen molar-refractivity contribution in [3.05, 3.63) is 59.0 Å². The molecule has 2 aromatic carbocycles. The molecule has 0 aliphatic rings. The lowest BCUT2D eigenvalue weighted by molar-refractivity contribution is 0.104. The normalized spacial score (nSPS) is 11.2. The number of Topliss-reactive ketones (excluding diaryl/α,β-unsaturated/α-hetero) is 1. The van der Waals surface area contributed by atoms with Crippen molar-refractivity contribution in [1.29, 1.82) is 5.26 Å². The zero-order valence-corrected chi connectivity index (χ0v) is 15.5. The predicted octanol–water partition coefficient (Wildman–Crippen LogP) is 4.12. The zero-order valence-electron chi connectivity index (χ0n) is 15.5. The molecule has 7 heteroatoms. The number of carbonyl (C=O) groups excluding carboxylic acids is 1. The van der Waals surface area contributed by atoms with Gasteiger partial charge < -0.3 is 19.2 Å². The molecule has 0 unspecified atom stereocenters. The molecular formula is C21H17FN2O4. The van der Waals surface area contributed by atoms with Crippen molar-refractivity contribution in [3.8, 4) is 23.3 Å². The van der Waals surface area contributed by atoms with Crippen LogP contribution >= 0.6 is 0 Å². The number of carbonyl (C=O) groups is 1. The lowest BCUT2D eigenvalue weighted by Gasteiger charge is -2.13. The van der Waals surface area contributed by atoms with E-state index in [0.717, 1.165) is 0 Å². The number of H-pyrrole nitrogens is 1. The van der Waals surface area contributed by atoms with E-state index in [-0.39, 0.29) is 11.1 Å². The summed E-state index contributed by atoms with van der Waals surface area (Å²) in [6, 6.07) is 9.26. The summed E-state index contributed by atoms with van der Waals surface area (Å²) >= 11 is 0. The zero-order chi connectivity index (χ0) is 20.3. The van der Waals surface area contributed by atoms with E-state index in [1.54, 1.807) is 12.1 Å². The average molecular weight is 380 g/mol. The fourth-order valence-electron chi connectivity index (χ4n) is 2.93. The molecule has 28 heavy (non-hydrogen) atoms. The molecule has 142 valence electrons. The van der Waals surface area contributed by atoms with Gasteiger partial charge in [0, 0.05) is 22.7 Å². The van der Waals surface area contributed by atoms with Crippen molar-refractivity contribution in [2.75, 3.05) is 21.3 Å². The van der Waals surface area contributed by atoms with Crippen LogP contribution < -0.4 is 14.2 Å². The van der Waals surface area contributed by atoms with Gasteiger partial charge in [-0.2, -0.15) is 5.26 Å². The Hall–Kier alpha value is -3.79. The topological polar surface area (TPSA) is 84.3 Å². The molecule has 1 N–H and O–H groups in total. The molecule has 0 amide bonds. The Labute approximate surface area is 160 Å². The molecule has 1 aromatic heterocycles. The van der Waals surface area contributed by atoms with Gasteiger partial charge in [-0.05, 0) is 42.0 Å². The summed E-state index contributed by atoms with van der Waals surface area (Å²) in [4.78, 5) is 15.7. The van der Waals surface area contributed by atoms with Crippen LogP contribution in [0.5, 0.6) is 17.2 Å². The van der Waals surface area contributed by atoms with Gasteiger partial charge in [-0.25, -0.2) is 4.39 Å². The number of ether oxygens (including phenoxy) is 3. The quantitative estimate of drug-likeness (QED) is 0.395. The van der Waals surface area contributed by atoms with E-state index in [1.165, 1.54) is 51.8 Å². The van der Waals surface area contributed by atoms with Gasteiger partial charge in [0.15, 0.2) is 11.5 Å². The van der Waals surface area contributed by atoms with Crippen molar-refractivity contribution in [2.45, 2.75) is 0 Å². The number of nitrogens with zero attached hydrogens (tertiary/aromatic N) is 1. The summed E-state index contributed by atoms with van der Waals surface area (Å²) in [5, 5.41) is 10.1. The Morgan fingerprint density at radius 1 is 1.11 bits per heavy atom. The summed E-state index contributed by atoms with van der Waals surface area (Å²) in [6.45, 7) is 0. The number of fused-ring (bicyclic) bond motifs is 1. The number of hydrogen-bond donors (Lipinski definition) is 1. The molecule has 3 aromatic rings. The number of aromatic nitrogens is 1. The van der Waals surface area contributed by atoms with Crippen LogP contribution in [0.4, 0.5) is 4.39 Å². The van der Waals surface area contributed by atoms with E-state index in [1.807, 2.05) is 6.07 Å². The van der Waals surface area contributed by atoms with Crippen LogP contribution in [0.1, 0.15) is 15.9 Å². The van der Waals surface area contributed by atoms with Crippen LogP contribution in [-0.2, 0) is 0 Å². The van der Waals surface area contributed by atoms with Gasteiger partial charge in [0.05, 0.1) is 21.3 Å². The number of methoxy groups -OCH3 is 3. The van der Waals surface area contributed by atoms with Crippen LogP contribution in [-0.4, -0.2) is 32.1 Å². The summed E-state index contributed by atoms with van der Waals surface area (Å²) in [5.41, 5.74) is 1.22. The highest BCUT2D eigenvalue weighted by Gasteiger charge is 2.18. The number of halogens is 1. The molecule has 1 heterocycles. The molecular weight excluding hydrogens is 363 g/mol. The third kappa shape index (κ3) is 3.40. The number of nitrogens with one attached hydrogen (secondary N) is 1. The van der Waals surface area contributed by atoms with E-state index >= 15 is 0 Å². The van der Waals surface area contributed by atoms with Crippen molar-refractivity contribution >= 4 is 22.8 Å². The molecule has 0 aliphatic heterocycles. The maximum absolute atomic E-state index is 13.4. The summed E-state index contributed by atoms with van der Waals surface area (Å²) < 4.78 is 29.2. The molecule has 0 fully saturated rings. The van der Waals surface area contributed by atoms with Gasteiger partial charge in [0.25, 0.3) is 0 Å². The number of allylic oxidation sites excluding steroid dienone is 1. The monoisotopic (exact) mass is 380 g/mol. The number of nitriles is 1. The maximum Gasteiger partial charge on any atom is 0.205 e. The summed E-state index contributed by atoms with van der Waals surface area (Å²) in [7, 11) is 4.44. The van der Waals surface area contributed by atoms with Gasteiger partial charge >= 0.3 is 0 Å². The molecule has 0 bridgehead atoms. The van der Waals surface area contributed by atoms with Crippen molar-refractivity contribution in [1.82, 2.24) is 4.98 Å². The lowest BCUT2D eigenvalue weighted by atomic mass is 10.0. The fraction of sp³-hybridized carbons (Fsp3) is 0.143. The highest BCUT2D eigenvalue weighted by atomic mass is 19.1. The van der Waals surface area contributed by atoms with Crippen LogP contribution in [0.15, 0.2) is 42.1 Å². The summed E-state index contributed by atoms with van der Waals surface area (Å²) in [5.74, 6) is 0.322. The Bertz CT molecular complexity index is 1100. The average Bonchev–Trinajstić information content (AvgIpc) is 3.13. The van der Waals surface area contributed by atoms with E-state index < -0.39 is 11.6 Å². The molecule has 0 aliphatic carbocycles. The predicted molar refractivity (Wildman–Crippen MR) is 102 cm³/mol. The van der Waals surface area contributed by atoms with Gasteiger partial charge in [-0.3, -0.25) is 4.79 Å². The van der Waals surface area contributed by atoms with Crippen molar-refractivity contribution in [3.63, 3.8) is 0 Å². The fourth-order valence-corrected chi connectivity index (χ4v) is 2.93. The molecule has 0 saturated carbocycles. The Kier molecular flexibility index (Phi) is 5.32. The van der Waals surface area contributed by atoms with Crippen LogP contribution in [0.2, 0.25) is 0 Å². The largest absolute Gasteiger partial charge is 0.493 e. The van der Waals surface area contributed by atoms with Gasteiger partial charge in [-0.1, -0.05) is 0 Å². The first-order valence-corrected chi connectivity index (χ1v) is 8.25. The molecule has 0 atom stereocenters. The van der Waals surface area contributed by atoms with E-state index in [2.05, 4.69) is 4.98 Å². The molecule has 6 nitrogen and oxygen atoms in total. The minimum Gasteiger partial charge on any atom is -0.493 e. The van der Waals surface area contributed by atoms with Gasteiger partial charge in [0.1, 0.15) is 17.5 Å². The number of ketones is 1. The number of aromatic amines is 1. The smallest absolute Gasteiger partial charge is 0.205 e. The van der Waals surface area contributed by atoms with E-state index in [4.69, 9.17) is 14.2 Å². The first kappa shape index (κ1) is 19.0. The first-order chi connectivity index (χ1) is 13.5. The third-order valence-electron chi connectivity index (χ3n) is 4.25. The molecule has 3 rings (SSSR count). The molecule has 0 spiro atoms. The van der Waals surface area contributed by atoms with Crippen LogP contribution in [0.3, 0.4) is 0 Å². The third-order valence-corrected chi connectivity index (χ3v) is 4.25. The van der Waals surface area contributed by atoms with Crippen molar-refractivity contribution < 1.29 is 23.4 Å². The van der Waals surface area contributed by atoms with Gasteiger partial charge in [-0.15, -0.1) is 0 Å². The second-order valence-corrected chi connectivity index (χ2v) is 5.85. The lowest BCUT2D eigenvalue weighted by Crippen LogP contribution is -2.01.